The smallest absolute Gasteiger partial charge is 0.401 e. The molecular weight excluding hydrogens is 422 g/mol. The molecule has 0 aromatic heterocycles. The van der Waals surface area contributed by atoms with E-state index < -0.39 is 18.0 Å². The summed E-state index contributed by atoms with van der Waals surface area (Å²) in [5.74, 6) is -0.810. The number of nitrogens with one attached hydrogen (secondary N) is 2. The molecule has 1 atom stereocenters. The number of amides is 4. The largest absolute Gasteiger partial charge is 0.413 e. The number of ether oxygens (including phenoxy) is 1. The Kier molecular flexibility index (Phi) is 5.53. The topological polar surface area (TPSA) is 105 Å². The number of rotatable bonds is 4. The summed E-state index contributed by atoms with van der Waals surface area (Å²) in [5, 5.41) is 5.33. The number of carbonyl (C=O) groups is 4. The van der Waals surface area contributed by atoms with Crippen LogP contribution in [-0.4, -0.2) is 34.8 Å². The number of imide groups is 1. The maximum Gasteiger partial charge on any atom is 0.413 e. The van der Waals surface area contributed by atoms with E-state index in [1.165, 1.54) is 4.90 Å². The van der Waals surface area contributed by atoms with Gasteiger partial charge in [0.1, 0.15) is 6.04 Å². The molecule has 0 aliphatic carbocycles. The normalized spacial score (nSPS) is 17.7. The Morgan fingerprint density at radius 3 is 2.84 bits per heavy atom. The maximum atomic E-state index is 12.7. The summed E-state index contributed by atoms with van der Waals surface area (Å²) < 4.78 is 5.17. The quantitative estimate of drug-likeness (QED) is 0.711. The number of hydrogen-bond acceptors (Lipinski definition) is 5. The zero-order chi connectivity index (χ0) is 22.1. The molecule has 4 amide bonds. The minimum absolute atomic E-state index is 0.189. The first-order valence-electron chi connectivity index (χ1n) is 9.64. The number of halogens is 1. The monoisotopic (exact) mass is 439 g/mol. The molecule has 9 heteroatoms. The van der Waals surface area contributed by atoms with E-state index in [1.807, 2.05) is 6.07 Å². The second-order valence-electron chi connectivity index (χ2n) is 7.39. The summed E-state index contributed by atoms with van der Waals surface area (Å²) in [5.41, 5.74) is 2.76. The highest BCUT2D eigenvalue weighted by molar-refractivity contribution is 6.31. The minimum atomic E-state index is -0.662. The third-order valence-corrected chi connectivity index (χ3v) is 5.61. The number of carbonyl (C=O) groups excluding carboxylic acids is 4. The van der Waals surface area contributed by atoms with Crippen LogP contribution in [0.15, 0.2) is 24.3 Å². The summed E-state index contributed by atoms with van der Waals surface area (Å²) in [4.78, 5) is 49.7. The highest BCUT2D eigenvalue weighted by Crippen LogP contribution is 2.28. The molecule has 2 aliphatic rings. The van der Waals surface area contributed by atoms with Gasteiger partial charge in [-0.1, -0.05) is 23.7 Å². The van der Waals surface area contributed by atoms with Crippen LogP contribution in [0.25, 0.3) is 0 Å². The van der Waals surface area contributed by atoms with Gasteiger partial charge >= 0.3 is 6.09 Å². The molecule has 8 nitrogen and oxygen atoms in total. The van der Waals surface area contributed by atoms with Crippen molar-refractivity contribution in [1.82, 2.24) is 15.5 Å². The van der Waals surface area contributed by atoms with Crippen molar-refractivity contribution in [3.8, 4) is 5.75 Å². The molecule has 0 radical (unpaired) electrons. The molecule has 0 bridgehead atoms. The fourth-order valence-corrected chi connectivity index (χ4v) is 3.72. The van der Waals surface area contributed by atoms with Crippen molar-refractivity contribution in [2.75, 3.05) is 0 Å². The summed E-state index contributed by atoms with van der Waals surface area (Å²) in [7, 11) is 0. The highest BCUT2D eigenvalue weighted by Gasteiger charge is 2.39. The third kappa shape index (κ3) is 4.32. The van der Waals surface area contributed by atoms with Crippen molar-refractivity contribution >= 4 is 35.4 Å². The first kappa shape index (κ1) is 20.7. The van der Waals surface area contributed by atoms with Gasteiger partial charge in [0.05, 0.1) is 5.02 Å². The predicted octanol–water partition coefficient (Wildman–Crippen LogP) is 2.30. The van der Waals surface area contributed by atoms with E-state index >= 15 is 0 Å². The molecular formula is C22H18ClN3O5. The zero-order valence-electron chi connectivity index (χ0n) is 16.6. The van der Waals surface area contributed by atoms with E-state index in [-0.39, 0.29) is 37.1 Å². The minimum Gasteiger partial charge on any atom is -0.401 e. The van der Waals surface area contributed by atoms with Crippen LogP contribution < -0.4 is 15.4 Å². The van der Waals surface area contributed by atoms with Crippen LogP contribution in [0.1, 0.15) is 39.9 Å². The number of hydrogen-bond donors (Lipinski definition) is 2. The van der Waals surface area contributed by atoms with Gasteiger partial charge in [0.25, 0.3) is 5.91 Å². The molecule has 2 aliphatic heterocycles. The molecule has 1 saturated heterocycles. The van der Waals surface area contributed by atoms with Gasteiger partial charge in [-0.2, -0.15) is 0 Å². The Hall–Kier alpha value is -3.57. The van der Waals surface area contributed by atoms with E-state index in [1.54, 1.807) is 25.1 Å². The predicted molar refractivity (Wildman–Crippen MR) is 109 cm³/mol. The summed E-state index contributed by atoms with van der Waals surface area (Å²) in [6, 6.07) is 11.5. The Balaban J connectivity index is 1.38. The fraction of sp³-hybridized carbons (Fsp3) is 0.273. The van der Waals surface area contributed by atoms with Crippen LogP contribution in [0.2, 0.25) is 5.02 Å². The molecule has 1 unspecified atom stereocenters. The van der Waals surface area contributed by atoms with Gasteiger partial charge in [-0.05, 0) is 54.3 Å². The second-order valence-corrected chi connectivity index (χ2v) is 7.77. The average molecular weight is 440 g/mol. The molecule has 2 N–H and O–H groups in total. The van der Waals surface area contributed by atoms with Gasteiger partial charge in [0.15, 0.2) is 5.75 Å². The van der Waals surface area contributed by atoms with Crippen LogP contribution in [0.4, 0.5) is 4.79 Å². The lowest BCUT2D eigenvalue weighted by atomic mass is 10.0. The lowest BCUT2D eigenvalue weighted by Gasteiger charge is -2.29. The van der Waals surface area contributed by atoms with E-state index in [9.17, 15) is 19.2 Å². The van der Waals surface area contributed by atoms with E-state index in [2.05, 4.69) is 22.8 Å². The van der Waals surface area contributed by atoms with Gasteiger partial charge in [0.2, 0.25) is 11.8 Å². The highest BCUT2D eigenvalue weighted by atomic mass is 35.5. The number of fused-ring (bicyclic) bond motifs is 1. The molecule has 2 aromatic rings. The van der Waals surface area contributed by atoms with Gasteiger partial charge in [0, 0.05) is 25.1 Å². The van der Waals surface area contributed by atoms with Crippen molar-refractivity contribution in [3.63, 3.8) is 0 Å². The van der Waals surface area contributed by atoms with Gasteiger partial charge in [-0.3, -0.25) is 19.7 Å². The molecule has 4 rings (SSSR count). The average Bonchev–Trinajstić information content (AvgIpc) is 3.05. The third-order valence-electron chi connectivity index (χ3n) is 5.22. The molecule has 158 valence electrons. The van der Waals surface area contributed by atoms with Crippen LogP contribution in [-0.2, 0) is 22.7 Å². The lowest BCUT2D eigenvalue weighted by Crippen LogP contribution is -2.52. The van der Waals surface area contributed by atoms with E-state index in [0.29, 0.717) is 22.6 Å². The van der Waals surface area contributed by atoms with Gasteiger partial charge in [-0.25, -0.2) is 4.79 Å². The summed E-state index contributed by atoms with van der Waals surface area (Å²) in [6.45, 7) is 2.23. The van der Waals surface area contributed by atoms with Crippen LogP contribution in [0.5, 0.6) is 5.75 Å². The van der Waals surface area contributed by atoms with Crippen molar-refractivity contribution in [2.45, 2.75) is 38.9 Å². The number of benzene rings is 1. The van der Waals surface area contributed by atoms with Crippen molar-refractivity contribution < 1.29 is 23.9 Å². The van der Waals surface area contributed by atoms with Crippen molar-refractivity contribution in [2.24, 2.45) is 0 Å². The Labute approximate surface area is 183 Å². The lowest BCUT2D eigenvalue weighted by molar-refractivity contribution is -0.136. The molecule has 1 fully saturated rings. The Bertz CT molecular complexity index is 1100. The van der Waals surface area contributed by atoms with Gasteiger partial charge < -0.3 is 15.0 Å². The second kappa shape index (κ2) is 8.28. The molecule has 31 heavy (non-hydrogen) atoms. The van der Waals surface area contributed by atoms with Crippen molar-refractivity contribution in [1.29, 1.82) is 0 Å². The maximum absolute atomic E-state index is 12.7. The Morgan fingerprint density at radius 1 is 1.29 bits per heavy atom. The molecule has 0 spiro atoms. The molecule has 2 aromatic carbocycles. The fourth-order valence-electron chi connectivity index (χ4n) is 3.61. The molecule has 0 saturated carbocycles. The first-order chi connectivity index (χ1) is 14.8. The van der Waals surface area contributed by atoms with E-state index in [0.717, 1.165) is 11.1 Å². The summed E-state index contributed by atoms with van der Waals surface area (Å²) >= 11 is 5.88. The summed E-state index contributed by atoms with van der Waals surface area (Å²) in [6.07, 6.45) is -0.146. The first-order valence-corrected chi connectivity index (χ1v) is 10.0. The van der Waals surface area contributed by atoms with Crippen LogP contribution in [0.3, 0.4) is 0 Å². The number of piperidine rings is 1. The Morgan fingerprint density at radius 2 is 2.10 bits per heavy atom. The van der Waals surface area contributed by atoms with Gasteiger partial charge in [-0.15, -0.1) is 0 Å². The van der Waals surface area contributed by atoms with E-state index in [4.69, 9.17) is 16.3 Å². The van der Waals surface area contributed by atoms with Crippen LogP contribution in [0, 0.1) is 19.1 Å². The number of nitrogens with zero attached hydrogens (tertiary/aromatic N) is 1. The SMILES string of the molecule is Cc1cc(OC(=O)NCc2ccc3c(c2)CN(C2CCC(=O)NC2=O)C3=O)c#cc1Cl. The zero-order valence-corrected chi connectivity index (χ0v) is 17.3. The number of aryl methyl sites for hydroxylation is 1. The molecule has 2 heterocycles. The standard InChI is InChI=1S/C22H18ClN3O5/c1-12-8-15(3-5-17(12)23)31-22(30)24-10-13-2-4-16-14(9-13)11-26(21(16)29)18-6-7-19(27)25-20(18)28/h2,4,8-9,18H,6-7,10-11H2,1H3,(H,24,30)(H,25,27,28). The van der Waals surface area contributed by atoms with Crippen LogP contribution >= 0.6 is 11.6 Å². The van der Waals surface area contributed by atoms with Crippen molar-refractivity contribution in [3.05, 3.63) is 63.7 Å².